The zero-order valence-corrected chi connectivity index (χ0v) is 20.4. The molecule has 0 aromatic heterocycles. The van der Waals surface area contributed by atoms with E-state index in [4.69, 9.17) is 0 Å². The summed E-state index contributed by atoms with van der Waals surface area (Å²) in [4.78, 5) is 0. The fourth-order valence-corrected chi connectivity index (χ4v) is 3.44. The van der Waals surface area contributed by atoms with Crippen LogP contribution in [0.15, 0.2) is 54.1 Å². The highest BCUT2D eigenvalue weighted by Gasteiger charge is 2.19. The van der Waals surface area contributed by atoms with Gasteiger partial charge in [-0.05, 0) is 45.4 Å². The van der Waals surface area contributed by atoms with Gasteiger partial charge in [0, 0.05) is 0 Å². The van der Waals surface area contributed by atoms with Crippen molar-refractivity contribution in [2.45, 2.75) is 107 Å². The Morgan fingerprint density at radius 3 is 1.75 bits per heavy atom. The van der Waals surface area contributed by atoms with Crippen LogP contribution in [0.5, 0.6) is 0 Å². The average molecular weight is 387 g/mol. The molecular weight excluding hydrogens is 336 g/mol. The van der Waals surface area contributed by atoms with Crippen molar-refractivity contribution in [1.82, 2.24) is 0 Å². The maximum Gasteiger partial charge on any atom is -0.0345 e. The number of hydrogen-bond acceptors (Lipinski definition) is 0. The van der Waals surface area contributed by atoms with E-state index in [1.807, 2.05) is 45.9 Å². The predicted octanol–water partition coefficient (Wildman–Crippen LogP) is 9.94. The summed E-state index contributed by atoms with van der Waals surface area (Å²) in [5.74, 6) is 2.07. The molecule has 1 aromatic rings. The molecule has 0 saturated heterocycles. The van der Waals surface area contributed by atoms with Crippen LogP contribution in [-0.2, 0) is 0 Å². The van der Waals surface area contributed by atoms with Gasteiger partial charge in [0.05, 0.1) is 0 Å². The molecule has 0 radical (unpaired) electrons. The Morgan fingerprint density at radius 1 is 0.857 bits per heavy atom. The third-order valence-corrected chi connectivity index (χ3v) is 4.91. The van der Waals surface area contributed by atoms with Gasteiger partial charge in [0.1, 0.15) is 0 Å². The Bertz CT molecular complexity index is 454. The minimum Gasteiger partial charge on any atom is -0.0845 e. The lowest BCUT2D eigenvalue weighted by molar-refractivity contribution is 0.253. The van der Waals surface area contributed by atoms with Gasteiger partial charge in [-0.15, -0.1) is 0 Å². The lowest BCUT2D eigenvalue weighted by Crippen LogP contribution is -2.14. The largest absolute Gasteiger partial charge is 0.0845 e. The zero-order chi connectivity index (χ0) is 21.6. The van der Waals surface area contributed by atoms with Crippen LogP contribution in [-0.4, -0.2) is 0 Å². The van der Waals surface area contributed by atoms with Crippen molar-refractivity contribution in [3.8, 4) is 0 Å². The zero-order valence-electron chi connectivity index (χ0n) is 20.4. The van der Waals surface area contributed by atoms with E-state index >= 15 is 0 Å². The van der Waals surface area contributed by atoms with Crippen LogP contribution >= 0.6 is 0 Å². The molecule has 0 heterocycles. The first-order valence-electron chi connectivity index (χ1n) is 11.9. The lowest BCUT2D eigenvalue weighted by Gasteiger charge is -2.28. The fraction of sp³-hybridized carbons (Fsp3) is 0.643. The van der Waals surface area contributed by atoms with E-state index in [-0.39, 0.29) is 0 Å². The molecule has 162 valence electrons. The summed E-state index contributed by atoms with van der Waals surface area (Å²) >= 11 is 0. The van der Waals surface area contributed by atoms with Crippen LogP contribution in [0.3, 0.4) is 0 Å². The van der Waals surface area contributed by atoms with E-state index in [1.165, 1.54) is 62.5 Å². The second-order valence-electron chi connectivity index (χ2n) is 7.58. The molecule has 28 heavy (non-hydrogen) atoms. The number of aryl methyl sites for hydroxylation is 1. The molecule has 2 rings (SSSR count). The monoisotopic (exact) mass is 386 g/mol. The second-order valence-corrected chi connectivity index (χ2v) is 7.58. The summed E-state index contributed by atoms with van der Waals surface area (Å²) in [6, 6.07) is 10.3. The van der Waals surface area contributed by atoms with Crippen molar-refractivity contribution in [3.05, 3.63) is 59.7 Å². The molecule has 1 fully saturated rings. The van der Waals surface area contributed by atoms with Gasteiger partial charge in [0.15, 0.2) is 0 Å². The molecule has 0 unspecified atom stereocenters. The maximum absolute atomic E-state index is 2.34. The molecule has 0 N–H and O–H groups in total. The highest BCUT2D eigenvalue weighted by atomic mass is 14.2. The highest BCUT2D eigenvalue weighted by molar-refractivity contribution is 5.11. The summed E-state index contributed by atoms with van der Waals surface area (Å²) in [6.07, 6.45) is 18.3. The minimum atomic E-state index is 1.01. The van der Waals surface area contributed by atoms with E-state index in [9.17, 15) is 0 Å². The first-order chi connectivity index (χ1) is 13.6. The summed E-state index contributed by atoms with van der Waals surface area (Å²) in [6.45, 7) is 16.7. The van der Waals surface area contributed by atoms with Gasteiger partial charge in [0.2, 0.25) is 0 Å². The molecule has 0 nitrogen and oxygen atoms in total. The highest BCUT2D eigenvalue weighted by Crippen LogP contribution is 2.33. The van der Waals surface area contributed by atoms with E-state index < -0.39 is 0 Å². The summed E-state index contributed by atoms with van der Waals surface area (Å²) in [5.41, 5.74) is 2.71. The van der Waals surface area contributed by atoms with E-state index in [1.54, 1.807) is 0 Å². The summed E-state index contributed by atoms with van der Waals surface area (Å²) in [7, 11) is 0. The van der Waals surface area contributed by atoms with Crippen LogP contribution in [0.1, 0.15) is 105 Å². The van der Waals surface area contributed by atoms with E-state index in [2.05, 4.69) is 58.1 Å². The Hall–Kier alpha value is -1.30. The average Bonchev–Trinajstić information content (AvgIpc) is 2.73. The molecule has 0 spiro atoms. The Balaban J connectivity index is 0. The van der Waals surface area contributed by atoms with Crippen molar-refractivity contribution in [2.75, 3.05) is 0 Å². The van der Waals surface area contributed by atoms with Crippen LogP contribution in [0.4, 0.5) is 0 Å². The SMILES string of the molecule is CC.CC.CCCC1CCC(CC/C=C\C=C(C)C)CC1.Cc1ccccc1. The van der Waals surface area contributed by atoms with E-state index in [0.29, 0.717) is 0 Å². The predicted molar refractivity (Wildman–Crippen MR) is 132 cm³/mol. The second kappa shape index (κ2) is 22.0. The van der Waals surface area contributed by atoms with Gasteiger partial charge in [-0.1, -0.05) is 133 Å². The molecule has 0 aliphatic heterocycles. The summed E-state index contributed by atoms with van der Waals surface area (Å²) < 4.78 is 0. The molecule has 1 aromatic carbocycles. The molecule has 0 heteroatoms. The van der Waals surface area contributed by atoms with Gasteiger partial charge >= 0.3 is 0 Å². The molecule has 1 saturated carbocycles. The number of allylic oxidation sites excluding steroid dienone is 4. The van der Waals surface area contributed by atoms with Crippen molar-refractivity contribution in [3.63, 3.8) is 0 Å². The van der Waals surface area contributed by atoms with Gasteiger partial charge < -0.3 is 0 Å². The van der Waals surface area contributed by atoms with Gasteiger partial charge in [0.25, 0.3) is 0 Å². The van der Waals surface area contributed by atoms with Gasteiger partial charge in [-0.3, -0.25) is 0 Å². The Morgan fingerprint density at radius 2 is 1.36 bits per heavy atom. The first kappa shape index (κ1) is 28.9. The quantitative estimate of drug-likeness (QED) is 0.426. The third kappa shape index (κ3) is 18.1. The molecule has 0 amide bonds. The topological polar surface area (TPSA) is 0 Å². The van der Waals surface area contributed by atoms with Crippen molar-refractivity contribution >= 4 is 0 Å². The minimum absolute atomic E-state index is 1.01. The fourth-order valence-electron chi connectivity index (χ4n) is 3.44. The standard InChI is InChI=1S/C17H30.C7H8.2C2H6/c1-4-8-16-11-13-17(14-12-16)10-7-5-6-9-15(2)3;1-7-5-3-2-4-6-7;2*1-2/h5-6,9,16-17H,4,7-8,10-14H2,1-3H3;2-6H,1H3;2*1-2H3/b6-5-;;;. The lowest BCUT2D eigenvalue weighted by atomic mass is 9.78. The van der Waals surface area contributed by atoms with Crippen molar-refractivity contribution in [1.29, 1.82) is 0 Å². The van der Waals surface area contributed by atoms with Crippen LogP contribution < -0.4 is 0 Å². The van der Waals surface area contributed by atoms with Crippen molar-refractivity contribution in [2.24, 2.45) is 11.8 Å². The van der Waals surface area contributed by atoms with Crippen LogP contribution in [0.2, 0.25) is 0 Å². The number of hydrogen-bond donors (Lipinski definition) is 0. The first-order valence-corrected chi connectivity index (χ1v) is 11.9. The third-order valence-electron chi connectivity index (χ3n) is 4.91. The smallest absolute Gasteiger partial charge is 0.0345 e. The molecular formula is C28H50. The van der Waals surface area contributed by atoms with Crippen LogP contribution in [0.25, 0.3) is 0 Å². The van der Waals surface area contributed by atoms with Gasteiger partial charge in [-0.25, -0.2) is 0 Å². The normalized spacial score (nSPS) is 17.9. The van der Waals surface area contributed by atoms with E-state index in [0.717, 1.165) is 11.8 Å². The summed E-state index contributed by atoms with van der Waals surface area (Å²) in [5, 5.41) is 0. The number of rotatable bonds is 6. The molecule has 0 bridgehead atoms. The van der Waals surface area contributed by atoms with Gasteiger partial charge in [-0.2, -0.15) is 0 Å². The molecule has 1 aliphatic carbocycles. The Labute approximate surface area is 178 Å². The maximum atomic E-state index is 2.34. The Kier molecular flexibility index (Phi) is 22.7. The number of benzene rings is 1. The molecule has 1 aliphatic rings. The molecule has 0 atom stereocenters. The van der Waals surface area contributed by atoms with Crippen LogP contribution in [0, 0.1) is 18.8 Å². The van der Waals surface area contributed by atoms with Crippen molar-refractivity contribution < 1.29 is 0 Å².